The zero-order valence-electron chi connectivity index (χ0n) is 9.92. The van der Waals surface area contributed by atoms with E-state index in [2.05, 4.69) is 10.6 Å². The van der Waals surface area contributed by atoms with Crippen LogP contribution in [0.15, 0.2) is 18.2 Å². The molecular formula is C13H17ClN2O. The Hall–Kier alpha value is -1.06. The predicted octanol–water partition coefficient (Wildman–Crippen LogP) is 2.13. The number of piperidine rings is 1. The highest BCUT2D eigenvalue weighted by molar-refractivity contribution is 6.31. The zero-order valence-corrected chi connectivity index (χ0v) is 10.7. The topological polar surface area (TPSA) is 41.1 Å². The Morgan fingerprint density at radius 1 is 1.53 bits per heavy atom. The largest absolute Gasteiger partial charge is 0.348 e. The fourth-order valence-corrected chi connectivity index (χ4v) is 2.25. The predicted molar refractivity (Wildman–Crippen MR) is 69.5 cm³/mol. The molecule has 0 saturated carbocycles. The van der Waals surface area contributed by atoms with E-state index >= 15 is 0 Å². The summed E-state index contributed by atoms with van der Waals surface area (Å²) in [5.74, 6) is -0.0290. The molecule has 1 aromatic carbocycles. The molecule has 0 spiro atoms. The summed E-state index contributed by atoms with van der Waals surface area (Å²) >= 11 is 5.91. The molecule has 0 aliphatic carbocycles. The summed E-state index contributed by atoms with van der Waals surface area (Å²) in [6.45, 7) is 3.82. The first-order valence-electron chi connectivity index (χ1n) is 5.94. The van der Waals surface area contributed by atoms with Crippen LogP contribution in [0.5, 0.6) is 0 Å². The van der Waals surface area contributed by atoms with Crippen molar-refractivity contribution in [3.63, 3.8) is 0 Å². The Bertz CT molecular complexity index is 414. The number of benzene rings is 1. The molecule has 17 heavy (non-hydrogen) atoms. The summed E-state index contributed by atoms with van der Waals surface area (Å²) in [4.78, 5) is 12.1. The van der Waals surface area contributed by atoms with Crippen molar-refractivity contribution in [1.82, 2.24) is 10.6 Å². The van der Waals surface area contributed by atoms with Crippen LogP contribution in [0.1, 0.15) is 28.8 Å². The van der Waals surface area contributed by atoms with Gasteiger partial charge in [0, 0.05) is 23.2 Å². The minimum atomic E-state index is -0.0290. The van der Waals surface area contributed by atoms with E-state index in [4.69, 9.17) is 11.6 Å². The first kappa shape index (κ1) is 12.4. The summed E-state index contributed by atoms with van der Waals surface area (Å²) < 4.78 is 0. The zero-order chi connectivity index (χ0) is 12.3. The van der Waals surface area contributed by atoms with Gasteiger partial charge in [0.2, 0.25) is 0 Å². The lowest BCUT2D eigenvalue weighted by atomic mass is 10.1. The highest BCUT2D eigenvalue weighted by Crippen LogP contribution is 2.15. The molecule has 92 valence electrons. The van der Waals surface area contributed by atoms with Crippen LogP contribution in [0.2, 0.25) is 5.02 Å². The molecule has 1 fully saturated rings. The van der Waals surface area contributed by atoms with Crippen molar-refractivity contribution in [3.8, 4) is 0 Å². The monoisotopic (exact) mass is 252 g/mol. The second-order valence-electron chi connectivity index (χ2n) is 4.48. The normalized spacial score (nSPS) is 20.0. The molecule has 1 unspecified atom stereocenters. The van der Waals surface area contributed by atoms with Gasteiger partial charge in [-0.25, -0.2) is 0 Å². The van der Waals surface area contributed by atoms with Crippen LogP contribution < -0.4 is 10.6 Å². The third-order valence-corrected chi connectivity index (χ3v) is 3.31. The quantitative estimate of drug-likeness (QED) is 0.847. The molecule has 0 radical (unpaired) electrons. The third-order valence-electron chi connectivity index (χ3n) is 3.08. The van der Waals surface area contributed by atoms with Gasteiger partial charge in [-0.05, 0) is 44.0 Å². The maximum absolute atomic E-state index is 12.1. The Morgan fingerprint density at radius 3 is 3.06 bits per heavy atom. The Morgan fingerprint density at radius 2 is 2.35 bits per heavy atom. The molecule has 1 saturated heterocycles. The molecule has 3 nitrogen and oxygen atoms in total. The Kier molecular flexibility index (Phi) is 4.02. The van der Waals surface area contributed by atoms with Crippen LogP contribution in [0.4, 0.5) is 0 Å². The van der Waals surface area contributed by atoms with Gasteiger partial charge >= 0.3 is 0 Å². The first-order chi connectivity index (χ1) is 8.16. The van der Waals surface area contributed by atoms with E-state index in [1.54, 1.807) is 12.1 Å². The van der Waals surface area contributed by atoms with Gasteiger partial charge in [0.25, 0.3) is 5.91 Å². The summed E-state index contributed by atoms with van der Waals surface area (Å²) in [6.07, 6.45) is 2.15. The van der Waals surface area contributed by atoms with E-state index < -0.39 is 0 Å². The maximum Gasteiger partial charge on any atom is 0.251 e. The molecule has 1 aliphatic rings. The van der Waals surface area contributed by atoms with Crippen LogP contribution in [-0.2, 0) is 0 Å². The lowest BCUT2D eigenvalue weighted by Gasteiger charge is -2.24. The number of halogens is 1. The second-order valence-corrected chi connectivity index (χ2v) is 4.91. The number of carbonyl (C=O) groups excluding carboxylic acids is 1. The van der Waals surface area contributed by atoms with Crippen molar-refractivity contribution < 1.29 is 4.79 Å². The van der Waals surface area contributed by atoms with Gasteiger partial charge in [-0.2, -0.15) is 0 Å². The average molecular weight is 253 g/mol. The Labute approximate surface area is 107 Å². The molecule has 1 amide bonds. The third kappa shape index (κ3) is 3.20. The summed E-state index contributed by atoms with van der Waals surface area (Å²) in [5, 5.41) is 6.92. The highest BCUT2D eigenvalue weighted by atomic mass is 35.5. The van der Waals surface area contributed by atoms with Gasteiger partial charge < -0.3 is 10.6 Å². The number of hydrogen-bond donors (Lipinski definition) is 2. The lowest BCUT2D eigenvalue weighted by molar-refractivity contribution is 0.0930. The van der Waals surface area contributed by atoms with Crippen LogP contribution in [0.25, 0.3) is 0 Å². The van der Waals surface area contributed by atoms with Crippen molar-refractivity contribution in [3.05, 3.63) is 34.3 Å². The van der Waals surface area contributed by atoms with Crippen LogP contribution in [0.3, 0.4) is 0 Å². The number of rotatable bonds is 2. The van der Waals surface area contributed by atoms with Crippen molar-refractivity contribution in [1.29, 1.82) is 0 Å². The molecule has 0 bridgehead atoms. The van der Waals surface area contributed by atoms with E-state index in [9.17, 15) is 4.79 Å². The van der Waals surface area contributed by atoms with Gasteiger partial charge in [-0.3, -0.25) is 4.79 Å². The van der Waals surface area contributed by atoms with Crippen molar-refractivity contribution in [2.45, 2.75) is 25.8 Å². The van der Waals surface area contributed by atoms with Gasteiger partial charge in [0.05, 0.1) is 0 Å². The minimum Gasteiger partial charge on any atom is -0.348 e. The molecule has 2 N–H and O–H groups in total. The molecule has 0 aromatic heterocycles. The van der Waals surface area contributed by atoms with Gasteiger partial charge in [0.1, 0.15) is 0 Å². The molecule has 1 aromatic rings. The number of hydrogen-bond acceptors (Lipinski definition) is 2. The van der Waals surface area contributed by atoms with E-state index in [0.29, 0.717) is 10.6 Å². The fourth-order valence-electron chi connectivity index (χ4n) is 2.08. The van der Waals surface area contributed by atoms with Crippen molar-refractivity contribution in [2.75, 3.05) is 13.1 Å². The molecule has 1 heterocycles. The number of aryl methyl sites for hydroxylation is 1. The van der Waals surface area contributed by atoms with Gasteiger partial charge in [0.15, 0.2) is 0 Å². The molecule has 1 aliphatic heterocycles. The van der Waals surface area contributed by atoms with E-state index in [-0.39, 0.29) is 11.9 Å². The van der Waals surface area contributed by atoms with Gasteiger partial charge in [-0.1, -0.05) is 17.7 Å². The smallest absolute Gasteiger partial charge is 0.251 e. The first-order valence-corrected chi connectivity index (χ1v) is 6.32. The lowest BCUT2D eigenvalue weighted by Crippen LogP contribution is -2.45. The number of nitrogens with one attached hydrogen (secondary N) is 2. The van der Waals surface area contributed by atoms with Crippen molar-refractivity contribution >= 4 is 17.5 Å². The highest BCUT2D eigenvalue weighted by Gasteiger charge is 2.17. The van der Waals surface area contributed by atoms with E-state index in [1.807, 2.05) is 13.0 Å². The standard InChI is InChI=1S/C13H17ClN2O/c1-9-4-5-10(14)7-12(9)13(17)16-11-3-2-6-15-8-11/h4-5,7,11,15H,2-3,6,8H2,1H3,(H,16,17). The van der Waals surface area contributed by atoms with Crippen LogP contribution in [0, 0.1) is 6.92 Å². The van der Waals surface area contributed by atoms with Crippen LogP contribution in [-0.4, -0.2) is 25.0 Å². The molecule has 2 rings (SSSR count). The molecular weight excluding hydrogens is 236 g/mol. The second kappa shape index (κ2) is 5.52. The summed E-state index contributed by atoms with van der Waals surface area (Å²) in [5.41, 5.74) is 1.62. The summed E-state index contributed by atoms with van der Waals surface area (Å²) in [7, 11) is 0. The van der Waals surface area contributed by atoms with Crippen LogP contribution >= 0.6 is 11.6 Å². The molecule has 1 atom stereocenters. The SMILES string of the molecule is Cc1ccc(Cl)cc1C(=O)NC1CCCNC1. The minimum absolute atomic E-state index is 0.0290. The number of amides is 1. The van der Waals surface area contributed by atoms with E-state index in [1.165, 1.54) is 0 Å². The maximum atomic E-state index is 12.1. The number of carbonyl (C=O) groups is 1. The fraction of sp³-hybridized carbons (Fsp3) is 0.462. The molecule has 4 heteroatoms. The van der Waals surface area contributed by atoms with Gasteiger partial charge in [-0.15, -0.1) is 0 Å². The Balaban J connectivity index is 2.05. The van der Waals surface area contributed by atoms with Crippen molar-refractivity contribution in [2.24, 2.45) is 0 Å². The summed E-state index contributed by atoms with van der Waals surface area (Å²) in [6, 6.07) is 5.63. The average Bonchev–Trinajstić information content (AvgIpc) is 2.33. The van der Waals surface area contributed by atoms with E-state index in [0.717, 1.165) is 31.5 Å².